The van der Waals surface area contributed by atoms with E-state index >= 15 is 0 Å². The van der Waals surface area contributed by atoms with E-state index in [1.807, 2.05) is 0 Å². The molecule has 4 nitrogen and oxygen atoms in total. The Morgan fingerprint density at radius 2 is 1.63 bits per heavy atom. The fraction of sp³-hybridized carbons (Fsp3) is 0.174. The van der Waals surface area contributed by atoms with Gasteiger partial charge in [-0.15, -0.1) is 0 Å². The highest BCUT2D eigenvalue weighted by Gasteiger charge is 2.33. The van der Waals surface area contributed by atoms with Crippen molar-refractivity contribution in [2.45, 2.75) is 26.3 Å². The number of carbonyl (C=O) groups excluding carboxylic acids is 1. The van der Waals surface area contributed by atoms with Gasteiger partial charge in [0.1, 0.15) is 0 Å². The Hall–Kier alpha value is -3.27. The predicted octanol–water partition coefficient (Wildman–Crippen LogP) is 4.69. The Labute approximate surface area is 159 Å². The van der Waals surface area contributed by atoms with Gasteiger partial charge in [0, 0.05) is 18.8 Å². The van der Waals surface area contributed by atoms with Crippen LogP contribution >= 0.6 is 0 Å². The molecule has 0 spiro atoms. The van der Waals surface area contributed by atoms with Crippen molar-refractivity contribution in [3.05, 3.63) is 101 Å². The van der Waals surface area contributed by atoms with Gasteiger partial charge in [0.25, 0.3) is 5.91 Å². The molecule has 0 fully saturated rings. The van der Waals surface area contributed by atoms with Crippen LogP contribution in [0.3, 0.4) is 0 Å². The van der Waals surface area contributed by atoms with E-state index in [0.29, 0.717) is 12.0 Å². The van der Waals surface area contributed by atoms with Gasteiger partial charge in [0.2, 0.25) is 0 Å². The highest BCUT2D eigenvalue weighted by molar-refractivity contribution is 6.05. The van der Waals surface area contributed by atoms with E-state index < -0.39 is 0 Å². The normalized spacial score (nSPS) is 16.3. The number of hydrogen-bond acceptors (Lipinski definition) is 3. The summed E-state index contributed by atoms with van der Waals surface area (Å²) in [6, 6.07) is 20.0. The molecular weight excluding hydrogens is 334 g/mol. The van der Waals surface area contributed by atoms with Crippen molar-refractivity contribution in [3.8, 4) is 0 Å². The highest BCUT2D eigenvalue weighted by Crippen LogP contribution is 2.34. The zero-order chi connectivity index (χ0) is 18.8. The molecule has 1 aliphatic rings. The number of carbonyl (C=O) groups is 1. The van der Waals surface area contributed by atoms with Crippen LogP contribution in [-0.4, -0.2) is 21.6 Å². The number of aromatic nitrogens is 1. The molecule has 0 N–H and O–H groups in total. The molecule has 27 heavy (non-hydrogen) atoms. The van der Waals surface area contributed by atoms with Crippen LogP contribution in [0, 0.1) is 13.8 Å². The molecule has 1 unspecified atom stereocenters. The fourth-order valence-corrected chi connectivity index (χ4v) is 3.29. The molecule has 1 amide bonds. The molecule has 1 aromatic heterocycles. The summed E-state index contributed by atoms with van der Waals surface area (Å²) in [6.45, 7) is 4.12. The second-order valence-corrected chi connectivity index (χ2v) is 6.93. The molecule has 3 aromatic rings. The zero-order valence-corrected chi connectivity index (χ0v) is 15.5. The number of aryl methyl sites for hydroxylation is 2. The van der Waals surface area contributed by atoms with Crippen molar-refractivity contribution in [1.82, 2.24) is 9.99 Å². The number of benzene rings is 2. The third-order valence-electron chi connectivity index (χ3n) is 4.87. The van der Waals surface area contributed by atoms with Crippen LogP contribution < -0.4 is 0 Å². The van der Waals surface area contributed by atoms with E-state index in [4.69, 9.17) is 5.10 Å². The lowest BCUT2D eigenvalue weighted by Crippen LogP contribution is -2.27. The molecule has 0 saturated carbocycles. The number of nitrogens with zero attached hydrogens (tertiary/aromatic N) is 3. The number of pyridine rings is 1. The van der Waals surface area contributed by atoms with Crippen LogP contribution in [0.5, 0.6) is 0 Å². The van der Waals surface area contributed by atoms with Crippen LogP contribution in [-0.2, 0) is 0 Å². The van der Waals surface area contributed by atoms with E-state index in [0.717, 1.165) is 16.8 Å². The second kappa shape index (κ2) is 7.16. The van der Waals surface area contributed by atoms with Crippen LogP contribution in [0.4, 0.5) is 0 Å². The van der Waals surface area contributed by atoms with Gasteiger partial charge < -0.3 is 0 Å². The highest BCUT2D eigenvalue weighted by atomic mass is 16.2. The number of hydrogen-bond donors (Lipinski definition) is 0. The van der Waals surface area contributed by atoms with Gasteiger partial charge in [-0.25, -0.2) is 5.01 Å². The summed E-state index contributed by atoms with van der Waals surface area (Å²) in [5, 5.41) is 6.33. The van der Waals surface area contributed by atoms with Gasteiger partial charge >= 0.3 is 0 Å². The van der Waals surface area contributed by atoms with Crippen molar-refractivity contribution in [2.24, 2.45) is 5.10 Å². The molecule has 4 heteroatoms. The van der Waals surface area contributed by atoms with Gasteiger partial charge in [-0.2, -0.15) is 5.10 Å². The second-order valence-electron chi connectivity index (χ2n) is 6.93. The summed E-state index contributed by atoms with van der Waals surface area (Å²) in [5.74, 6) is -0.129. The third-order valence-corrected chi connectivity index (χ3v) is 4.87. The quantitative estimate of drug-likeness (QED) is 0.684. The van der Waals surface area contributed by atoms with E-state index in [-0.39, 0.29) is 11.9 Å². The van der Waals surface area contributed by atoms with Crippen LogP contribution in [0.2, 0.25) is 0 Å². The number of amides is 1. The average Bonchev–Trinajstić information content (AvgIpc) is 3.14. The lowest BCUT2D eigenvalue weighted by Gasteiger charge is -2.22. The molecule has 2 heterocycles. The maximum Gasteiger partial charge on any atom is 0.276 e. The molecule has 2 aromatic carbocycles. The minimum absolute atomic E-state index is 0.116. The Bertz CT molecular complexity index is 976. The van der Waals surface area contributed by atoms with Crippen molar-refractivity contribution in [1.29, 1.82) is 0 Å². The first-order valence-corrected chi connectivity index (χ1v) is 9.06. The third kappa shape index (κ3) is 3.51. The minimum Gasteiger partial charge on any atom is -0.267 e. The first-order valence-electron chi connectivity index (χ1n) is 9.06. The van der Waals surface area contributed by atoms with Crippen LogP contribution in [0.15, 0.2) is 78.2 Å². The van der Waals surface area contributed by atoms with Gasteiger partial charge in [-0.1, -0.05) is 59.7 Å². The monoisotopic (exact) mass is 355 g/mol. The molecule has 0 bridgehead atoms. The molecule has 0 aliphatic carbocycles. The molecule has 1 aliphatic heterocycles. The summed E-state index contributed by atoms with van der Waals surface area (Å²) < 4.78 is 0. The SMILES string of the molecule is Cc1ccc(C2=NN(C(=O)c3cccnc3)C(c3ccc(C)cc3)C2)cc1. The average molecular weight is 355 g/mol. The van der Waals surface area contributed by atoms with Gasteiger partial charge in [-0.05, 0) is 37.1 Å². The standard InChI is InChI=1S/C23H21N3O/c1-16-5-9-18(10-6-16)21-14-22(19-11-7-17(2)8-12-19)26(25-21)23(27)20-4-3-13-24-15-20/h3-13,15,22H,14H2,1-2H3. The number of hydrazone groups is 1. The Kier molecular flexibility index (Phi) is 4.55. The summed E-state index contributed by atoms with van der Waals surface area (Å²) in [4.78, 5) is 17.2. The maximum atomic E-state index is 13.1. The smallest absolute Gasteiger partial charge is 0.267 e. The van der Waals surface area contributed by atoms with Crippen LogP contribution in [0.1, 0.15) is 45.1 Å². The molecule has 134 valence electrons. The van der Waals surface area contributed by atoms with Crippen molar-refractivity contribution < 1.29 is 4.79 Å². The fourth-order valence-electron chi connectivity index (χ4n) is 3.29. The first kappa shape index (κ1) is 17.2. The van der Waals surface area contributed by atoms with E-state index in [2.05, 4.69) is 67.4 Å². The lowest BCUT2D eigenvalue weighted by atomic mass is 9.97. The van der Waals surface area contributed by atoms with Crippen molar-refractivity contribution in [2.75, 3.05) is 0 Å². The Morgan fingerprint density at radius 1 is 0.963 bits per heavy atom. The summed E-state index contributed by atoms with van der Waals surface area (Å²) in [7, 11) is 0. The predicted molar refractivity (Wildman–Crippen MR) is 107 cm³/mol. The van der Waals surface area contributed by atoms with Crippen molar-refractivity contribution in [3.63, 3.8) is 0 Å². The Morgan fingerprint density at radius 3 is 2.26 bits per heavy atom. The van der Waals surface area contributed by atoms with E-state index in [1.54, 1.807) is 29.5 Å². The summed E-state index contributed by atoms with van der Waals surface area (Å²) in [5.41, 5.74) is 6.02. The maximum absolute atomic E-state index is 13.1. The van der Waals surface area contributed by atoms with Gasteiger partial charge in [-0.3, -0.25) is 9.78 Å². The molecule has 0 radical (unpaired) electrons. The van der Waals surface area contributed by atoms with E-state index in [1.165, 1.54) is 11.1 Å². The largest absolute Gasteiger partial charge is 0.276 e. The number of rotatable bonds is 3. The molecule has 1 atom stereocenters. The van der Waals surface area contributed by atoms with E-state index in [9.17, 15) is 4.79 Å². The molecule has 0 saturated heterocycles. The zero-order valence-electron chi connectivity index (χ0n) is 15.5. The summed E-state index contributed by atoms with van der Waals surface area (Å²) >= 11 is 0. The molecular formula is C23H21N3O. The molecule has 4 rings (SSSR count). The van der Waals surface area contributed by atoms with Crippen molar-refractivity contribution >= 4 is 11.6 Å². The first-order chi connectivity index (χ1) is 13.1. The minimum atomic E-state index is -0.129. The van der Waals surface area contributed by atoms with Crippen LogP contribution in [0.25, 0.3) is 0 Å². The topological polar surface area (TPSA) is 45.6 Å². The van der Waals surface area contributed by atoms with Gasteiger partial charge in [0.05, 0.1) is 17.3 Å². The lowest BCUT2D eigenvalue weighted by molar-refractivity contribution is 0.0711. The Balaban J connectivity index is 1.72. The summed E-state index contributed by atoms with van der Waals surface area (Å²) in [6.07, 6.45) is 3.95. The van der Waals surface area contributed by atoms with Gasteiger partial charge in [0.15, 0.2) is 0 Å².